The van der Waals surface area contributed by atoms with E-state index < -0.39 is 17.3 Å². The maximum Gasteiger partial charge on any atom is 0.338 e. The Labute approximate surface area is 109 Å². The van der Waals surface area contributed by atoms with Crippen molar-refractivity contribution < 1.29 is 14.3 Å². The number of aryl methyl sites for hydroxylation is 2. The summed E-state index contributed by atoms with van der Waals surface area (Å²) >= 11 is 0. The lowest BCUT2D eigenvalue weighted by Gasteiger charge is -2.13. The van der Waals surface area contributed by atoms with E-state index in [2.05, 4.69) is 10.3 Å². The molecular formula is C14H13FN2O2. The molecule has 0 bridgehead atoms. The number of carboxylic acids is 1. The van der Waals surface area contributed by atoms with Crippen molar-refractivity contribution in [1.29, 1.82) is 0 Å². The van der Waals surface area contributed by atoms with Gasteiger partial charge in [-0.05, 0) is 31.0 Å². The molecule has 0 radical (unpaired) electrons. The number of benzene rings is 1. The number of aromatic carboxylic acids is 1. The van der Waals surface area contributed by atoms with Gasteiger partial charge in [-0.25, -0.2) is 14.2 Å². The van der Waals surface area contributed by atoms with Gasteiger partial charge >= 0.3 is 5.97 Å². The normalized spacial score (nSPS) is 10.3. The van der Waals surface area contributed by atoms with Gasteiger partial charge in [-0.1, -0.05) is 18.2 Å². The van der Waals surface area contributed by atoms with Gasteiger partial charge in [-0.3, -0.25) is 0 Å². The molecule has 0 atom stereocenters. The highest BCUT2D eigenvalue weighted by Crippen LogP contribution is 2.25. The number of rotatable bonds is 3. The lowest BCUT2D eigenvalue weighted by molar-refractivity contribution is 0.0692. The lowest BCUT2D eigenvalue weighted by atomic mass is 10.1. The second-order valence-corrected chi connectivity index (χ2v) is 4.22. The fourth-order valence-electron chi connectivity index (χ4n) is 1.83. The predicted molar refractivity (Wildman–Crippen MR) is 70.4 cm³/mol. The molecule has 2 N–H and O–H groups in total. The summed E-state index contributed by atoms with van der Waals surface area (Å²) in [6, 6.07) is 6.80. The number of aromatic nitrogens is 1. The minimum atomic E-state index is -1.32. The minimum absolute atomic E-state index is 0.0858. The molecule has 2 rings (SSSR count). The van der Waals surface area contributed by atoms with Gasteiger partial charge in [0, 0.05) is 11.9 Å². The Bertz CT molecular complexity index is 621. The van der Waals surface area contributed by atoms with Gasteiger partial charge in [0.05, 0.1) is 0 Å². The lowest BCUT2D eigenvalue weighted by Crippen LogP contribution is -2.06. The molecule has 5 heteroatoms. The van der Waals surface area contributed by atoms with Crippen molar-refractivity contribution in [3.05, 3.63) is 53.0 Å². The third-order valence-corrected chi connectivity index (χ3v) is 2.84. The molecule has 0 aliphatic heterocycles. The van der Waals surface area contributed by atoms with Crippen molar-refractivity contribution in [2.75, 3.05) is 5.32 Å². The first-order chi connectivity index (χ1) is 9.00. The molecule has 2 aromatic rings. The Kier molecular flexibility index (Phi) is 3.46. The van der Waals surface area contributed by atoms with Crippen LogP contribution in [-0.2, 0) is 0 Å². The van der Waals surface area contributed by atoms with E-state index in [-0.39, 0.29) is 5.82 Å². The third kappa shape index (κ3) is 2.54. The number of hydrogen-bond acceptors (Lipinski definition) is 3. The summed E-state index contributed by atoms with van der Waals surface area (Å²) < 4.78 is 14.0. The zero-order valence-electron chi connectivity index (χ0n) is 10.6. The summed E-state index contributed by atoms with van der Waals surface area (Å²) in [6.45, 7) is 3.77. The van der Waals surface area contributed by atoms with Gasteiger partial charge in [0.1, 0.15) is 5.56 Å². The number of para-hydroxylation sites is 1. The van der Waals surface area contributed by atoms with Crippen LogP contribution in [0.3, 0.4) is 0 Å². The van der Waals surface area contributed by atoms with Crippen LogP contribution >= 0.6 is 0 Å². The standard InChI is InChI=1S/C14H13FN2O2/c1-8-4-3-5-9(2)12(8)17-13-11(15)10(14(18)19)6-7-16-13/h3-7H,1-2H3,(H,16,17)(H,18,19). The van der Waals surface area contributed by atoms with Crippen LogP contribution in [0.1, 0.15) is 21.5 Å². The largest absolute Gasteiger partial charge is 0.478 e. The van der Waals surface area contributed by atoms with Crippen molar-refractivity contribution in [3.8, 4) is 0 Å². The van der Waals surface area contributed by atoms with E-state index in [1.165, 1.54) is 6.20 Å². The van der Waals surface area contributed by atoms with Gasteiger partial charge < -0.3 is 10.4 Å². The van der Waals surface area contributed by atoms with Gasteiger partial charge in [0.2, 0.25) is 0 Å². The molecule has 1 aromatic heterocycles. The molecule has 0 fully saturated rings. The summed E-state index contributed by atoms with van der Waals surface area (Å²) in [6.07, 6.45) is 1.27. The number of nitrogens with one attached hydrogen (secondary N) is 1. The van der Waals surface area contributed by atoms with Gasteiger partial charge in [0.25, 0.3) is 0 Å². The molecule has 98 valence electrons. The molecule has 1 heterocycles. The molecular weight excluding hydrogens is 247 g/mol. The van der Waals surface area contributed by atoms with Crippen LogP contribution in [0, 0.1) is 19.7 Å². The number of nitrogens with zero attached hydrogens (tertiary/aromatic N) is 1. The summed E-state index contributed by atoms with van der Waals surface area (Å²) in [5.41, 5.74) is 2.20. The minimum Gasteiger partial charge on any atom is -0.478 e. The van der Waals surface area contributed by atoms with Crippen LogP contribution in [0.25, 0.3) is 0 Å². The van der Waals surface area contributed by atoms with Crippen LogP contribution in [-0.4, -0.2) is 16.1 Å². The van der Waals surface area contributed by atoms with Crippen molar-refractivity contribution in [2.45, 2.75) is 13.8 Å². The Morgan fingerprint density at radius 2 is 1.89 bits per heavy atom. The summed E-state index contributed by atoms with van der Waals surface area (Å²) in [7, 11) is 0. The number of hydrogen-bond donors (Lipinski definition) is 2. The average molecular weight is 260 g/mol. The van der Waals surface area contributed by atoms with E-state index in [1.54, 1.807) is 0 Å². The van der Waals surface area contributed by atoms with E-state index in [0.717, 1.165) is 22.9 Å². The van der Waals surface area contributed by atoms with Crippen LogP contribution in [0.4, 0.5) is 15.9 Å². The number of pyridine rings is 1. The van der Waals surface area contributed by atoms with Gasteiger partial charge in [-0.2, -0.15) is 0 Å². The number of anilines is 2. The smallest absolute Gasteiger partial charge is 0.338 e. The Hall–Kier alpha value is -2.43. The molecule has 4 nitrogen and oxygen atoms in total. The predicted octanol–water partition coefficient (Wildman–Crippen LogP) is 3.28. The zero-order chi connectivity index (χ0) is 14.0. The van der Waals surface area contributed by atoms with Crippen molar-refractivity contribution in [1.82, 2.24) is 4.98 Å². The van der Waals surface area contributed by atoms with Crippen molar-refractivity contribution in [2.24, 2.45) is 0 Å². The van der Waals surface area contributed by atoms with Crippen molar-refractivity contribution >= 4 is 17.5 Å². The molecule has 19 heavy (non-hydrogen) atoms. The number of carboxylic acid groups (broad SMARTS) is 1. The second kappa shape index (κ2) is 5.06. The fraction of sp³-hybridized carbons (Fsp3) is 0.143. The maximum absolute atomic E-state index is 14.0. The highest BCUT2D eigenvalue weighted by Gasteiger charge is 2.16. The monoisotopic (exact) mass is 260 g/mol. The van der Waals surface area contributed by atoms with E-state index in [0.29, 0.717) is 0 Å². The highest BCUT2D eigenvalue weighted by molar-refractivity contribution is 5.89. The molecule has 0 aliphatic rings. The summed E-state index contributed by atoms with van der Waals surface area (Å²) in [5, 5.41) is 11.7. The van der Waals surface area contributed by atoms with Gasteiger partial charge in [-0.15, -0.1) is 0 Å². The summed E-state index contributed by atoms with van der Waals surface area (Å²) in [5.74, 6) is -2.26. The van der Waals surface area contributed by atoms with Crippen LogP contribution in [0.15, 0.2) is 30.5 Å². The van der Waals surface area contributed by atoms with Crippen LogP contribution in [0.5, 0.6) is 0 Å². The fourth-order valence-corrected chi connectivity index (χ4v) is 1.83. The van der Waals surface area contributed by atoms with E-state index in [9.17, 15) is 9.18 Å². The molecule has 0 saturated carbocycles. The molecule has 0 aliphatic carbocycles. The van der Waals surface area contributed by atoms with E-state index in [1.807, 2.05) is 32.0 Å². The van der Waals surface area contributed by atoms with E-state index in [4.69, 9.17) is 5.11 Å². The molecule has 0 spiro atoms. The highest BCUT2D eigenvalue weighted by atomic mass is 19.1. The molecule has 0 amide bonds. The third-order valence-electron chi connectivity index (χ3n) is 2.84. The van der Waals surface area contributed by atoms with Gasteiger partial charge in [0.15, 0.2) is 11.6 Å². The molecule has 1 aromatic carbocycles. The molecule has 0 saturated heterocycles. The first-order valence-electron chi connectivity index (χ1n) is 5.71. The maximum atomic E-state index is 14.0. The SMILES string of the molecule is Cc1cccc(C)c1Nc1nccc(C(=O)O)c1F. The second-order valence-electron chi connectivity index (χ2n) is 4.22. The molecule has 0 unspecified atom stereocenters. The average Bonchev–Trinajstić information content (AvgIpc) is 2.35. The number of halogens is 1. The zero-order valence-corrected chi connectivity index (χ0v) is 10.6. The Balaban J connectivity index is 2.45. The Morgan fingerprint density at radius 3 is 2.47 bits per heavy atom. The first kappa shape index (κ1) is 13.0. The first-order valence-corrected chi connectivity index (χ1v) is 5.71. The van der Waals surface area contributed by atoms with Crippen molar-refractivity contribution in [3.63, 3.8) is 0 Å². The van der Waals surface area contributed by atoms with Crippen LogP contribution in [0.2, 0.25) is 0 Å². The quantitative estimate of drug-likeness (QED) is 0.889. The topological polar surface area (TPSA) is 62.2 Å². The van der Waals surface area contributed by atoms with Crippen LogP contribution < -0.4 is 5.32 Å². The van der Waals surface area contributed by atoms with E-state index >= 15 is 0 Å². The Morgan fingerprint density at radius 1 is 1.26 bits per heavy atom. The summed E-state index contributed by atoms with van der Waals surface area (Å²) in [4.78, 5) is 14.7. The number of carbonyl (C=O) groups is 1.